The maximum atomic E-state index is 12.0. The van der Waals surface area contributed by atoms with Gasteiger partial charge in [0.2, 0.25) is 0 Å². The summed E-state index contributed by atoms with van der Waals surface area (Å²) in [6.07, 6.45) is 1.06. The number of nitrogens with zero attached hydrogens (tertiary/aromatic N) is 2. The van der Waals surface area contributed by atoms with Crippen molar-refractivity contribution in [2.24, 2.45) is 0 Å². The molecule has 1 amide bonds. The molecule has 1 aliphatic heterocycles. The van der Waals surface area contributed by atoms with Crippen LogP contribution in [0.25, 0.3) is 0 Å². The highest BCUT2D eigenvalue weighted by Crippen LogP contribution is 2.10. The molecular formula is C15H20N4O3. The van der Waals surface area contributed by atoms with Gasteiger partial charge in [0.25, 0.3) is 5.91 Å². The molecule has 2 aromatic rings. The van der Waals surface area contributed by atoms with E-state index in [1.165, 1.54) is 0 Å². The standard InChI is InChI=1S/C15H20N4O3/c1-21-10-13-3-4-14(22-13)15(20)17-8-11-7-12-9-16-5-2-6-19(12)18-11/h3-4,7,16H,2,5-6,8-10H2,1H3,(H,17,20). The number of aryl methyl sites for hydroxylation is 1. The largest absolute Gasteiger partial charge is 0.453 e. The van der Waals surface area contributed by atoms with E-state index in [1.807, 2.05) is 10.7 Å². The fourth-order valence-corrected chi connectivity index (χ4v) is 2.49. The monoisotopic (exact) mass is 304 g/mol. The summed E-state index contributed by atoms with van der Waals surface area (Å²) in [5, 5.41) is 10.7. The van der Waals surface area contributed by atoms with Crippen molar-refractivity contribution in [2.45, 2.75) is 32.7 Å². The van der Waals surface area contributed by atoms with Gasteiger partial charge in [0, 0.05) is 20.2 Å². The number of hydrogen-bond donors (Lipinski definition) is 2. The lowest BCUT2D eigenvalue weighted by atomic mass is 10.3. The van der Waals surface area contributed by atoms with Crippen molar-refractivity contribution in [3.8, 4) is 0 Å². The minimum Gasteiger partial charge on any atom is -0.453 e. The van der Waals surface area contributed by atoms with Crippen molar-refractivity contribution >= 4 is 5.91 Å². The maximum Gasteiger partial charge on any atom is 0.287 e. The molecule has 0 aliphatic carbocycles. The molecule has 0 fully saturated rings. The van der Waals surface area contributed by atoms with Gasteiger partial charge < -0.3 is 19.8 Å². The van der Waals surface area contributed by atoms with Crippen LogP contribution >= 0.6 is 0 Å². The van der Waals surface area contributed by atoms with Gasteiger partial charge in [-0.2, -0.15) is 5.10 Å². The molecule has 0 radical (unpaired) electrons. The van der Waals surface area contributed by atoms with Crippen molar-refractivity contribution in [1.29, 1.82) is 0 Å². The van der Waals surface area contributed by atoms with Crippen LogP contribution in [0.2, 0.25) is 0 Å². The molecule has 2 N–H and O–H groups in total. The zero-order valence-electron chi connectivity index (χ0n) is 12.6. The van der Waals surface area contributed by atoms with E-state index >= 15 is 0 Å². The van der Waals surface area contributed by atoms with Crippen LogP contribution in [-0.4, -0.2) is 29.3 Å². The molecule has 3 heterocycles. The van der Waals surface area contributed by atoms with Crippen LogP contribution in [0, 0.1) is 0 Å². The van der Waals surface area contributed by atoms with Crippen LogP contribution in [0.5, 0.6) is 0 Å². The fraction of sp³-hybridized carbons (Fsp3) is 0.467. The highest BCUT2D eigenvalue weighted by atomic mass is 16.5. The summed E-state index contributed by atoms with van der Waals surface area (Å²) >= 11 is 0. The minimum absolute atomic E-state index is 0.247. The van der Waals surface area contributed by atoms with Gasteiger partial charge in [-0.25, -0.2) is 0 Å². The Bertz CT molecular complexity index is 624. The predicted octanol–water partition coefficient (Wildman–Crippen LogP) is 1.05. The number of carbonyl (C=O) groups excluding carboxylic acids is 1. The van der Waals surface area contributed by atoms with Crippen molar-refractivity contribution in [2.75, 3.05) is 13.7 Å². The number of carbonyl (C=O) groups is 1. The number of amides is 1. The molecule has 0 atom stereocenters. The topological polar surface area (TPSA) is 81.3 Å². The van der Waals surface area contributed by atoms with Gasteiger partial charge in [-0.05, 0) is 31.2 Å². The van der Waals surface area contributed by atoms with Crippen LogP contribution in [0.3, 0.4) is 0 Å². The average molecular weight is 304 g/mol. The highest BCUT2D eigenvalue weighted by molar-refractivity contribution is 5.91. The van der Waals surface area contributed by atoms with Gasteiger partial charge in [-0.1, -0.05) is 0 Å². The summed E-state index contributed by atoms with van der Waals surface area (Å²) in [6, 6.07) is 5.41. The first kappa shape index (κ1) is 14.8. The third-order valence-electron chi connectivity index (χ3n) is 3.55. The molecule has 0 spiro atoms. The maximum absolute atomic E-state index is 12.0. The average Bonchev–Trinajstić information content (AvgIpc) is 3.08. The third kappa shape index (κ3) is 3.37. The zero-order valence-corrected chi connectivity index (χ0v) is 12.6. The summed E-state index contributed by atoms with van der Waals surface area (Å²) in [4.78, 5) is 12.0. The van der Waals surface area contributed by atoms with E-state index in [0.29, 0.717) is 18.9 Å². The quantitative estimate of drug-likeness (QED) is 0.863. The van der Waals surface area contributed by atoms with Gasteiger partial charge in [0.15, 0.2) is 5.76 Å². The molecule has 7 heteroatoms. The molecule has 22 heavy (non-hydrogen) atoms. The Hall–Kier alpha value is -2.12. The molecule has 7 nitrogen and oxygen atoms in total. The highest BCUT2D eigenvalue weighted by Gasteiger charge is 2.14. The lowest BCUT2D eigenvalue weighted by Crippen LogP contribution is -2.22. The normalized spacial score (nSPS) is 14.4. The van der Waals surface area contributed by atoms with E-state index in [1.54, 1.807) is 19.2 Å². The molecule has 0 saturated carbocycles. The number of fused-ring (bicyclic) bond motifs is 1. The van der Waals surface area contributed by atoms with E-state index in [2.05, 4.69) is 15.7 Å². The van der Waals surface area contributed by atoms with Crippen LogP contribution in [0.4, 0.5) is 0 Å². The van der Waals surface area contributed by atoms with Gasteiger partial charge in [0.1, 0.15) is 12.4 Å². The Balaban J connectivity index is 1.58. The SMILES string of the molecule is COCc1ccc(C(=O)NCc2cc3n(n2)CCCNC3)o1. The number of nitrogens with one attached hydrogen (secondary N) is 2. The second-order valence-electron chi connectivity index (χ2n) is 5.26. The van der Waals surface area contributed by atoms with Crippen LogP contribution in [-0.2, 0) is 31.0 Å². The molecule has 1 aliphatic rings. The first-order chi connectivity index (χ1) is 10.8. The smallest absolute Gasteiger partial charge is 0.287 e. The van der Waals surface area contributed by atoms with Crippen LogP contribution < -0.4 is 10.6 Å². The first-order valence-electron chi connectivity index (χ1n) is 7.38. The second kappa shape index (κ2) is 6.76. The Morgan fingerprint density at radius 1 is 1.55 bits per heavy atom. The molecular weight excluding hydrogens is 284 g/mol. The number of rotatable bonds is 5. The third-order valence-corrected chi connectivity index (χ3v) is 3.55. The minimum atomic E-state index is -0.247. The Labute approximate surface area is 128 Å². The molecule has 0 unspecified atom stereocenters. The molecule has 3 rings (SSSR count). The molecule has 0 saturated heterocycles. The van der Waals surface area contributed by atoms with Crippen molar-refractivity contribution in [3.63, 3.8) is 0 Å². The number of aromatic nitrogens is 2. The Kier molecular flexibility index (Phi) is 4.55. The lowest BCUT2D eigenvalue weighted by molar-refractivity contribution is 0.0914. The molecule has 118 valence electrons. The number of methoxy groups -OCH3 is 1. The summed E-state index contributed by atoms with van der Waals surface area (Å²) in [5.41, 5.74) is 2.01. The Morgan fingerprint density at radius 2 is 2.45 bits per heavy atom. The van der Waals surface area contributed by atoms with Crippen molar-refractivity contribution < 1.29 is 13.9 Å². The van der Waals surface area contributed by atoms with E-state index in [9.17, 15) is 4.79 Å². The fourth-order valence-electron chi connectivity index (χ4n) is 2.49. The van der Waals surface area contributed by atoms with E-state index < -0.39 is 0 Å². The van der Waals surface area contributed by atoms with Crippen LogP contribution in [0.1, 0.15) is 34.1 Å². The van der Waals surface area contributed by atoms with Gasteiger partial charge in [-0.3, -0.25) is 9.48 Å². The molecule has 2 aromatic heterocycles. The molecule has 0 bridgehead atoms. The summed E-state index contributed by atoms with van der Waals surface area (Å²) in [6.45, 7) is 3.49. The summed E-state index contributed by atoms with van der Waals surface area (Å²) in [5.74, 6) is 0.672. The van der Waals surface area contributed by atoms with E-state index in [4.69, 9.17) is 9.15 Å². The van der Waals surface area contributed by atoms with Gasteiger partial charge in [-0.15, -0.1) is 0 Å². The van der Waals surface area contributed by atoms with Crippen molar-refractivity contribution in [3.05, 3.63) is 41.1 Å². The first-order valence-corrected chi connectivity index (χ1v) is 7.38. The van der Waals surface area contributed by atoms with Gasteiger partial charge >= 0.3 is 0 Å². The zero-order chi connectivity index (χ0) is 15.4. The van der Waals surface area contributed by atoms with Crippen molar-refractivity contribution in [1.82, 2.24) is 20.4 Å². The lowest BCUT2D eigenvalue weighted by Gasteiger charge is -2.01. The molecule has 0 aromatic carbocycles. The van der Waals surface area contributed by atoms with E-state index in [-0.39, 0.29) is 11.7 Å². The van der Waals surface area contributed by atoms with Crippen LogP contribution in [0.15, 0.2) is 22.6 Å². The predicted molar refractivity (Wildman–Crippen MR) is 79.1 cm³/mol. The number of ether oxygens (including phenoxy) is 1. The number of furan rings is 1. The summed E-state index contributed by atoms with van der Waals surface area (Å²) < 4.78 is 12.4. The second-order valence-corrected chi connectivity index (χ2v) is 5.26. The van der Waals surface area contributed by atoms with Gasteiger partial charge in [0.05, 0.1) is 17.9 Å². The summed E-state index contributed by atoms with van der Waals surface area (Å²) in [7, 11) is 1.58. The number of hydrogen-bond acceptors (Lipinski definition) is 5. The Morgan fingerprint density at radius 3 is 3.32 bits per heavy atom. The van der Waals surface area contributed by atoms with E-state index in [0.717, 1.165) is 37.4 Å².